The molecule has 3 nitrogen and oxygen atoms in total. The van der Waals surface area contributed by atoms with Crippen LogP contribution >= 0.6 is 0 Å². The predicted octanol–water partition coefficient (Wildman–Crippen LogP) is 11.6. The van der Waals surface area contributed by atoms with E-state index in [4.69, 9.17) is 4.98 Å². The Morgan fingerprint density at radius 3 is 1.42 bits per heavy atom. The minimum atomic E-state index is 0.653. The molecule has 1 heterocycles. The van der Waals surface area contributed by atoms with Gasteiger partial charge in [-0.1, -0.05) is 164 Å². The fourth-order valence-corrected chi connectivity index (χ4v) is 6.61. The molecule has 228 valence electrons. The van der Waals surface area contributed by atoms with Gasteiger partial charge in [-0.2, -0.15) is 0 Å². The van der Waals surface area contributed by atoms with Crippen LogP contribution in [0.15, 0.2) is 176 Å². The molecule has 3 heteroatoms. The zero-order chi connectivity index (χ0) is 32.1. The van der Waals surface area contributed by atoms with Crippen LogP contribution in [0.2, 0.25) is 0 Å². The van der Waals surface area contributed by atoms with Crippen molar-refractivity contribution in [1.82, 2.24) is 15.0 Å². The maximum atomic E-state index is 4.82. The highest BCUT2D eigenvalue weighted by molar-refractivity contribution is 6.06. The number of rotatable bonds is 7. The van der Waals surface area contributed by atoms with Crippen molar-refractivity contribution >= 4 is 5.57 Å². The van der Waals surface area contributed by atoms with E-state index in [0.29, 0.717) is 11.6 Å². The Balaban J connectivity index is 1.38. The van der Waals surface area contributed by atoms with E-state index in [1.54, 1.807) is 6.33 Å². The van der Waals surface area contributed by atoms with Crippen LogP contribution < -0.4 is 0 Å². The monoisotopic (exact) mass is 615 g/mol. The van der Waals surface area contributed by atoms with Crippen molar-refractivity contribution in [3.63, 3.8) is 0 Å². The molecule has 0 spiro atoms. The van der Waals surface area contributed by atoms with Gasteiger partial charge in [-0.25, -0.2) is 15.0 Å². The van der Waals surface area contributed by atoms with Crippen molar-refractivity contribution in [1.29, 1.82) is 0 Å². The molecule has 0 aliphatic heterocycles. The molecular formula is C45H33N3. The van der Waals surface area contributed by atoms with E-state index >= 15 is 0 Å². The Hall–Kier alpha value is -6.19. The quantitative estimate of drug-likeness (QED) is 0.179. The summed E-state index contributed by atoms with van der Waals surface area (Å²) < 4.78 is 0. The largest absolute Gasteiger partial charge is 0.217 e. The number of benzene rings is 6. The maximum Gasteiger partial charge on any atom is 0.163 e. The first kappa shape index (κ1) is 29.2. The first-order valence-electron chi connectivity index (χ1n) is 16.4. The normalized spacial score (nSPS) is 12.5. The van der Waals surface area contributed by atoms with Crippen LogP contribution in [0.4, 0.5) is 0 Å². The van der Waals surface area contributed by atoms with Gasteiger partial charge in [-0.15, -0.1) is 0 Å². The number of allylic oxidation sites excluding steroid dienone is 4. The zero-order valence-electron chi connectivity index (χ0n) is 26.5. The highest BCUT2D eigenvalue weighted by Gasteiger charge is 2.24. The average molecular weight is 616 g/mol. The summed E-state index contributed by atoms with van der Waals surface area (Å²) in [5, 5.41) is 0. The Kier molecular flexibility index (Phi) is 8.08. The maximum absolute atomic E-state index is 4.82. The number of hydrogen-bond acceptors (Lipinski definition) is 3. The predicted molar refractivity (Wildman–Crippen MR) is 199 cm³/mol. The molecule has 8 rings (SSSR count). The minimum absolute atomic E-state index is 0.653. The zero-order valence-corrected chi connectivity index (χ0v) is 26.5. The third-order valence-electron chi connectivity index (χ3n) is 8.88. The minimum Gasteiger partial charge on any atom is -0.217 e. The van der Waals surface area contributed by atoms with Gasteiger partial charge in [0.25, 0.3) is 0 Å². The van der Waals surface area contributed by atoms with E-state index in [0.717, 1.165) is 29.5 Å². The highest BCUT2D eigenvalue weighted by Crippen LogP contribution is 2.49. The van der Waals surface area contributed by atoms with Gasteiger partial charge < -0.3 is 0 Å². The van der Waals surface area contributed by atoms with Gasteiger partial charge in [0.15, 0.2) is 11.6 Å². The molecule has 0 saturated carbocycles. The SMILES string of the molecule is C1=CC(c2c(-c3ccccc3)cc(-c3ccc(-c4ncnc(-c5ccccc5)n4)cc3)c(-c3ccccc3)c2-c2ccccc2)=CCC1. The Morgan fingerprint density at radius 2 is 0.854 bits per heavy atom. The number of hydrogen-bond donors (Lipinski definition) is 0. The second-order valence-electron chi connectivity index (χ2n) is 11.9. The Bertz CT molecular complexity index is 2240. The summed E-state index contributed by atoms with van der Waals surface area (Å²) in [5.41, 5.74) is 14.0. The van der Waals surface area contributed by atoms with E-state index in [2.05, 4.69) is 150 Å². The molecule has 1 aliphatic rings. The number of nitrogens with zero attached hydrogens (tertiary/aromatic N) is 3. The lowest BCUT2D eigenvalue weighted by atomic mass is 9.78. The summed E-state index contributed by atoms with van der Waals surface area (Å²) in [4.78, 5) is 13.8. The van der Waals surface area contributed by atoms with Gasteiger partial charge in [-0.3, -0.25) is 0 Å². The van der Waals surface area contributed by atoms with Gasteiger partial charge in [0, 0.05) is 11.1 Å². The van der Waals surface area contributed by atoms with Crippen molar-refractivity contribution in [2.75, 3.05) is 0 Å². The molecule has 0 N–H and O–H groups in total. The highest BCUT2D eigenvalue weighted by atomic mass is 15.0. The van der Waals surface area contributed by atoms with Crippen LogP contribution in [0.25, 0.3) is 72.9 Å². The van der Waals surface area contributed by atoms with Crippen molar-refractivity contribution < 1.29 is 0 Å². The fraction of sp³-hybridized carbons (Fsp3) is 0.0444. The van der Waals surface area contributed by atoms with E-state index in [1.807, 2.05) is 30.3 Å². The first-order valence-corrected chi connectivity index (χ1v) is 16.4. The molecule has 0 amide bonds. The van der Waals surface area contributed by atoms with E-state index in [1.165, 1.54) is 50.1 Å². The van der Waals surface area contributed by atoms with Gasteiger partial charge in [0.1, 0.15) is 6.33 Å². The Labute approximate surface area is 281 Å². The summed E-state index contributed by atoms with van der Waals surface area (Å²) in [6.45, 7) is 0. The summed E-state index contributed by atoms with van der Waals surface area (Å²) in [6, 6.07) is 53.5. The molecule has 7 aromatic rings. The molecule has 1 aromatic heterocycles. The summed E-state index contributed by atoms with van der Waals surface area (Å²) in [6.07, 6.45) is 10.7. The molecule has 1 aliphatic carbocycles. The summed E-state index contributed by atoms with van der Waals surface area (Å²) >= 11 is 0. The Morgan fingerprint density at radius 1 is 0.396 bits per heavy atom. The van der Waals surface area contributed by atoms with Crippen molar-refractivity contribution in [2.24, 2.45) is 0 Å². The third kappa shape index (κ3) is 5.78. The summed E-state index contributed by atoms with van der Waals surface area (Å²) in [7, 11) is 0. The fourth-order valence-electron chi connectivity index (χ4n) is 6.61. The number of aromatic nitrogens is 3. The van der Waals surface area contributed by atoms with E-state index in [9.17, 15) is 0 Å². The van der Waals surface area contributed by atoms with Crippen LogP contribution in [-0.4, -0.2) is 15.0 Å². The van der Waals surface area contributed by atoms with E-state index < -0.39 is 0 Å². The average Bonchev–Trinajstić information content (AvgIpc) is 3.19. The topological polar surface area (TPSA) is 38.7 Å². The van der Waals surface area contributed by atoms with Crippen molar-refractivity contribution in [3.8, 4) is 67.3 Å². The van der Waals surface area contributed by atoms with Crippen LogP contribution in [0.1, 0.15) is 18.4 Å². The second kappa shape index (κ2) is 13.3. The first-order chi connectivity index (χ1) is 23.8. The lowest BCUT2D eigenvalue weighted by Crippen LogP contribution is -2.01. The molecule has 0 bridgehead atoms. The molecule has 0 saturated heterocycles. The molecule has 0 radical (unpaired) electrons. The van der Waals surface area contributed by atoms with Gasteiger partial charge in [0.2, 0.25) is 0 Å². The standard InChI is InChI=1S/C45H33N3/c1-6-16-32(17-7-1)39-30-40(33-26-28-38(29-27-33)45-47-31-46-44(48-45)37-24-14-5-15-25-37)42(35-20-10-3-11-21-35)43(36-22-12-4-13-23-36)41(39)34-18-8-2-9-19-34/h1,3-8,10-31H,2,9H2. The molecular weight excluding hydrogens is 583 g/mol. The van der Waals surface area contributed by atoms with Gasteiger partial charge >= 0.3 is 0 Å². The smallest absolute Gasteiger partial charge is 0.163 e. The van der Waals surface area contributed by atoms with Gasteiger partial charge in [0.05, 0.1) is 0 Å². The van der Waals surface area contributed by atoms with Crippen LogP contribution in [-0.2, 0) is 0 Å². The van der Waals surface area contributed by atoms with Crippen LogP contribution in [0.3, 0.4) is 0 Å². The van der Waals surface area contributed by atoms with Crippen molar-refractivity contribution in [3.05, 3.63) is 182 Å². The molecule has 0 unspecified atom stereocenters. The lowest BCUT2D eigenvalue weighted by Gasteiger charge is -2.25. The second-order valence-corrected chi connectivity index (χ2v) is 11.9. The van der Waals surface area contributed by atoms with Gasteiger partial charge in [-0.05, 0) is 74.6 Å². The van der Waals surface area contributed by atoms with Crippen molar-refractivity contribution in [2.45, 2.75) is 12.8 Å². The lowest BCUT2D eigenvalue weighted by molar-refractivity contribution is 1.04. The van der Waals surface area contributed by atoms with Crippen LogP contribution in [0.5, 0.6) is 0 Å². The molecule has 6 aromatic carbocycles. The van der Waals surface area contributed by atoms with Crippen LogP contribution in [0, 0.1) is 0 Å². The third-order valence-corrected chi connectivity index (χ3v) is 8.88. The molecule has 0 fully saturated rings. The molecule has 0 atom stereocenters. The summed E-state index contributed by atoms with van der Waals surface area (Å²) in [5.74, 6) is 1.32. The van der Waals surface area contributed by atoms with E-state index in [-0.39, 0.29) is 0 Å². The molecule has 48 heavy (non-hydrogen) atoms.